The predicted molar refractivity (Wildman–Crippen MR) is 107 cm³/mol. The SMILES string of the molecule is CCNC(=NCc1cccc(OC)c1)NCCCN1CC(C)OC(C)C1. The van der Waals surface area contributed by atoms with E-state index in [0.29, 0.717) is 18.8 Å². The topological polar surface area (TPSA) is 58.1 Å². The van der Waals surface area contributed by atoms with Gasteiger partial charge in [-0.2, -0.15) is 0 Å². The van der Waals surface area contributed by atoms with Gasteiger partial charge >= 0.3 is 0 Å². The predicted octanol–water partition coefficient (Wildman–Crippen LogP) is 2.25. The maximum atomic E-state index is 5.79. The fraction of sp³-hybridized carbons (Fsp3) is 0.650. The van der Waals surface area contributed by atoms with Gasteiger partial charge in [0.25, 0.3) is 0 Å². The van der Waals surface area contributed by atoms with Crippen molar-refractivity contribution < 1.29 is 9.47 Å². The molecule has 1 aliphatic heterocycles. The van der Waals surface area contributed by atoms with Crippen molar-refractivity contribution in [1.29, 1.82) is 0 Å². The van der Waals surface area contributed by atoms with Gasteiger partial charge in [0.15, 0.2) is 5.96 Å². The van der Waals surface area contributed by atoms with E-state index in [4.69, 9.17) is 9.47 Å². The molecule has 6 heteroatoms. The van der Waals surface area contributed by atoms with Crippen LogP contribution in [-0.4, -0.2) is 62.9 Å². The summed E-state index contributed by atoms with van der Waals surface area (Å²) >= 11 is 0. The molecule has 0 saturated carbocycles. The van der Waals surface area contributed by atoms with Crippen molar-refractivity contribution in [2.24, 2.45) is 4.99 Å². The molecule has 1 aromatic rings. The van der Waals surface area contributed by atoms with Gasteiger partial charge < -0.3 is 20.1 Å². The van der Waals surface area contributed by atoms with Crippen LogP contribution in [0.15, 0.2) is 29.3 Å². The summed E-state index contributed by atoms with van der Waals surface area (Å²) in [7, 11) is 1.68. The molecule has 0 aromatic heterocycles. The van der Waals surface area contributed by atoms with Gasteiger partial charge in [-0.3, -0.25) is 4.90 Å². The van der Waals surface area contributed by atoms with E-state index in [0.717, 1.165) is 56.4 Å². The molecular formula is C20H34N4O2. The molecule has 2 N–H and O–H groups in total. The second-order valence-corrected chi connectivity index (χ2v) is 6.84. The minimum Gasteiger partial charge on any atom is -0.497 e. The molecule has 0 bridgehead atoms. The number of rotatable bonds is 8. The van der Waals surface area contributed by atoms with Crippen LogP contribution in [0, 0.1) is 0 Å². The third-order valence-electron chi connectivity index (χ3n) is 4.34. The van der Waals surface area contributed by atoms with Gasteiger partial charge in [-0.05, 0) is 44.9 Å². The van der Waals surface area contributed by atoms with E-state index in [1.165, 1.54) is 0 Å². The van der Waals surface area contributed by atoms with Crippen molar-refractivity contribution in [1.82, 2.24) is 15.5 Å². The zero-order valence-electron chi connectivity index (χ0n) is 16.6. The second kappa shape index (κ2) is 11.0. The molecule has 1 heterocycles. The Labute approximate surface area is 158 Å². The van der Waals surface area contributed by atoms with Crippen LogP contribution in [0.5, 0.6) is 5.75 Å². The number of morpholine rings is 1. The van der Waals surface area contributed by atoms with Crippen molar-refractivity contribution in [3.8, 4) is 5.75 Å². The Hall–Kier alpha value is -1.79. The number of nitrogens with zero attached hydrogens (tertiary/aromatic N) is 2. The maximum Gasteiger partial charge on any atom is 0.191 e. The number of guanidine groups is 1. The molecule has 1 fully saturated rings. The van der Waals surface area contributed by atoms with Gasteiger partial charge in [0, 0.05) is 32.7 Å². The first kappa shape index (κ1) is 20.5. The smallest absolute Gasteiger partial charge is 0.191 e. The lowest BCUT2D eigenvalue weighted by Gasteiger charge is -2.35. The van der Waals surface area contributed by atoms with Crippen LogP contribution in [0.2, 0.25) is 0 Å². The molecule has 0 spiro atoms. The zero-order chi connectivity index (χ0) is 18.8. The number of ether oxygens (including phenoxy) is 2. The second-order valence-electron chi connectivity index (χ2n) is 6.84. The van der Waals surface area contributed by atoms with Crippen molar-refractivity contribution in [3.63, 3.8) is 0 Å². The molecule has 26 heavy (non-hydrogen) atoms. The van der Waals surface area contributed by atoms with Gasteiger partial charge in [0.05, 0.1) is 25.9 Å². The van der Waals surface area contributed by atoms with E-state index in [9.17, 15) is 0 Å². The highest BCUT2D eigenvalue weighted by Crippen LogP contribution is 2.13. The zero-order valence-corrected chi connectivity index (χ0v) is 16.6. The average molecular weight is 363 g/mol. The Morgan fingerprint density at radius 1 is 1.27 bits per heavy atom. The summed E-state index contributed by atoms with van der Waals surface area (Å²) in [6, 6.07) is 8.03. The van der Waals surface area contributed by atoms with Crippen molar-refractivity contribution >= 4 is 5.96 Å². The molecule has 0 radical (unpaired) electrons. The monoisotopic (exact) mass is 362 g/mol. The molecule has 0 amide bonds. The number of benzene rings is 1. The summed E-state index contributed by atoms with van der Waals surface area (Å²) in [6.07, 6.45) is 1.74. The Bertz CT molecular complexity index is 554. The van der Waals surface area contributed by atoms with Crippen molar-refractivity contribution in [2.45, 2.75) is 45.9 Å². The van der Waals surface area contributed by atoms with Crippen LogP contribution >= 0.6 is 0 Å². The summed E-state index contributed by atoms with van der Waals surface area (Å²) < 4.78 is 11.1. The highest BCUT2D eigenvalue weighted by atomic mass is 16.5. The van der Waals surface area contributed by atoms with Crippen LogP contribution in [-0.2, 0) is 11.3 Å². The number of hydrogen-bond donors (Lipinski definition) is 2. The molecular weight excluding hydrogens is 328 g/mol. The lowest BCUT2D eigenvalue weighted by Crippen LogP contribution is -2.46. The third kappa shape index (κ3) is 7.22. The minimum absolute atomic E-state index is 0.327. The fourth-order valence-corrected chi connectivity index (χ4v) is 3.26. The molecule has 1 saturated heterocycles. The Morgan fingerprint density at radius 3 is 2.73 bits per heavy atom. The van der Waals surface area contributed by atoms with Gasteiger partial charge in [-0.25, -0.2) is 4.99 Å². The van der Waals surface area contributed by atoms with E-state index in [1.54, 1.807) is 7.11 Å². The van der Waals surface area contributed by atoms with E-state index >= 15 is 0 Å². The maximum absolute atomic E-state index is 5.79. The Balaban J connectivity index is 1.76. The molecule has 146 valence electrons. The first-order valence-corrected chi connectivity index (χ1v) is 9.63. The third-order valence-corrected chi connectivity index (χ3v) is 4.34. The summed E-state index contributed by atoms with van der Waals surface area (Å²) in [4.78, 5) is 7.16. The first-order valence-electron chi connectivity index (χ1n) is 9.63. The minimum atomic E-state index is 0.327. The number of nitrogens with one attached hydrogen (secondary N) is 2. The molecule has 6 nitrogen and oxygen atoms in total. The molecule has 2 atom stereocenters. The highest BCUT2D eigenvalue weighted by Gasteiger charge is 2.21. The molecule has 1 aliphatic rings. The molecule has 1 aromatic carbocycles. The van der Waals surface area contributed by atoms with Gasteiger partial charge in [-0.1, -0.05) is 12.1 Å². The van der Waals surface area contributed by atoms with Crippen LogP contribution < -0.4 is 15.4 Å². The number of methoxy groups -OCH3 is 1. The largest absolute Gasteiger partial charge is 0.497 e. The highest BCUT2D eigenvalue weighted by molar-refractivity contribution is 5.79. The van der Waals surface area contributed by atoms with Crippen LogP contribution in [0.4, 0.5) is 0 Å². The van der Waals surface area contributed by atoms with Gasteiger partial charge in [-0.15, -0.1) is 0 Å². The lowest BCUT2D eigenvalue weighted by atomic mass is 10.2. The van der Waals surface area contributed by atoms with Crippen LogP contribution in [0.3, 0.4) is 0 Å². The Morgan fingerprint density at radius 2 is 2.04 bits per heavy atom. The lowest BCUT2D eigenvalue weighted by molar-refractivity contribution is -0.0679. The average Bonchev–Trinajstić information content (AvgIpc) is 2.62. The summed E-state index contributed by atoms with van der Waals surface area (Å²) in [5.41, 5.74) is 1.14. The van der Waals surface area contributed by atoms with E-state index in [-0.39, 0.29) is 0 Å². The summed E-state index contributed by atoms with van der Waals surface area (Å²) in [5.74, 6) is 1.73. The van der Waals surface area contributed by atoms with Gasteiger partial charge in [0.2, 0.25) is 0 Å². The Kier molecular flexibility index (Phi) is 8.71. The number of aliphatic imine (C=N–C) groups is 1. The summed E-state index contributed by atoms with van der Waals surface area (Å²) in [5, 5.41) is 6.74. The number of hydrogen-bond acceptors (Lipinski definition) is 4. The first-order chi connectivity index (χ1) is 12.6. The summed E-state index contributed by atoms with van der Waals surface area (Å²) in [6.45, 7) is 11.9. The quantitative estimate of drug-likeness (QED) is 0.422. The van der Waals surface area contributed by atoms with Crippen molar-refractivity contribution in [3.05, 3.63) is 29.8 Å². The van der Waals surface area contributed by atoms with Gasteiger partial charge in [0.1, 0.15) is 5.75 Å². The molecule has 2 unspecified atom stereocenters. The molecule has 2 rings (SSSR count). The molecule has 0 aliphatic carbocycles. The van der Waals surface area contributed by atoms with Crippen LogP contribution in [0.1, 0.15) is 32.8 Å². The van der Waals surface area contributed by atoms with Crippen LogP contribution in [0.25, 0.3) is 0 Å². The standard InChI is InChI=1S/C20H34N4O2/c1-5-21-20(23-13-18-8-6-9-19(12-18)25-4)22-10-7-11-24-14-16(2)26-17(3)15-24/h6,8-9,12,16-17H,5,7,10-11,13-15H2,1-4H3,(H2,21,22,23). The fourth-order valence-electron chi connectivity index (χ4n) is 3.26. The van der Waals surface area contributed by atoms with E-state index < -0.39 is 0 Å². The van der Waals surface area contributed by atoms with Crippen molar-refractivity contribution in [2.75, 3.05) is 39.8 Å². The normalized spacial score (nSPS) is 21.5. The van der Waals surface area contributed by atoms with E-state index in [2.05, 4.69) is 47.4 Å². The van der Waals surface area contributed by atoms with E-state index in [1.807, 2.05) is 18.2 Å².